The fraction of sp³-hybridized carbons (Fsp3) is 0.522. The molecule has 1 saturated carbocycles. The summed E-state index contributed by atoms with van der Waals surface area (Å²) in [6, 6.07) is 8.68. The fourth-order valence-electron chi connectivity index (χ4n) is 3.77. The highest BCUT2D eigenvalue weighted by Gasteiger charge is 2.51. The molecule has 0 heterocycles. The Morgan fingerprint density at radius 2 is 1.90 bits per heavy atom. The Hall–Kier alpha value is -1.74. The van der Waals surface area contributed by atoms with Crippen LogP contribution < -0.4 is 0 Å². The van der Waals surface area contributed by atoms with Crippen molar-refractivity contribution in [3.8, 4) is 0 Å². The zero-order chi connectivity index (χ0) is 22.5. The van der Waals surface area contributed by atoms with E-state index in [-0.39, 0.29) is 17.8 Å². The molecule has 2 rings (SSSR count). The number of ether oxygens (including phenoxy) is 2. The Morgan fingerprint density at radius 1 is 1.27 bits per heavy atom. The summed E-state index contributed by atoms with van der Waals surface area (Å²) in [7, 11) is 0. The molecule has 1 aromatic rings. The van der Waals surface area contributed by atoms with Gasteiger partial charge in [-0.1, -0.05) is 44.2 Å². The maximum Gasteiger partial charge on any atom is 0.352 e. The first-order valence-electron chi connectivity index (χ1n) is 9.90. The van der Waals surface area contributed by atoms with Gasteiger partial charge in [-0.3, -0.25) is 9.59 Å². The minimum atomic E-state index is -1.19. The summed E-state index contributed by atoms with van der Waals surface area (Å²) in [5.41, 5.74) is -0.738. The van der Waals surface area contributed by atoms with Crippen LogP contribution in [0, 0.1) is 10.8 Å². The molecule has 0 unspecified atom stereocenters. The smallest absolute Gasteiger partial charge is 0.352 e. The third kappa shape index (κ3) is 6.14. The van der Waals surface area contributed by atoms with Gasteiger partial charge in [0.15, 0.2) is 0 Å². The van der Waals surface area contributed by atoms with Crippen molar-refractivity contribution in [2.45, 2.75) is 59.2 Å². The number of allylic oxidation sites excluding steroid dienone is 1. The van der Waals surface area contributed by atoms with E-state index in [4.69, 9.17) is 9.47 Å². The molecule has 0 aliphatic heterocycles. The average molecular weight is 528 g/mol. The van der Waals surface area contributed by atoms with Gasteiger partial charge >= 0.3 is 11.9 Å². The summed E-state index contributed by atoms with van der Waals surface area (Å²) in [5.74, 6) is -1.27. The normalized spacial score (nSPS) is 24.8. The van der Waals surface area contributed by atoms with E-state index < -0.39 is 29.6 Å². The largest absolute Gasteiger partial charge is 0.458 e. The predicted molar refractivity (Wildman–Crippen MR) is 121 cm³/mol. The average Bonchev–Trinajstić information content (AvgIpc) is 2.64. The minimum Gasteiger partial charge on any atom is -0.458 e. The number of aliphatic hydroxyl groups is 1. The SMILES string of the molecule is CC(=O)O[C@@H](C(=O)O[C@H]1CC(C)(C)CC(=O)[C@]1(C)C/C(I)=C/CO)c1ccccc1. The minimum absolute atomic E-state index is 0.0146. The van der Waals surface area contributed by atoms with Crippen molar-refractivity contribution in [2.75, 3.05) is 6.61 Å². The van der Waals surface area contributed by atoms with Crippen molar-refractivity contribution >= 4 is 40.3 Å². The Balaban J connectivity index is 2.35. The van der Waals surface area contributed by atoms with Crippen LogP contribution in [0.1, 0.15) is 58.6 Å². The van der Waals surface area contributed by atoms with Crippen LogP contribution in [0.2, 0.25) is 0 Å². The van der Waals surface area contributed by atoms with Gasteiger partial charge in [0.2, 0.25) is 6.10 Å². The third-order valence-corrected chi connectivity index (χ3v) is 6.25. The Morgan fingerprint density at radius 3 is 2.47 bits per heavy atom. The molecule has 3 atom stereocenters. The second-order valence-corrected chi connectivity index (χ2v) is 10.1. The van der Waals surface area contributed by atoms with Crippen LogP contribution in [-0.4, -0.2) is 35.5 Å². The Bertz CT molecular complexity index is 816. The number of hydrogen-bond acceptors (Lipinski definition) is 6. The van der Waals surface area contributed by atoms with Crippen molar-refractivity contribution in [1.82, 2.24) is 0 Å². The first-order valence-corrected chi connectivity index (χ1v) is 11.0. The number of Topliss-reactive ketones (excluding diaryl/α,β-unsaturated/α-hetero) is 1. The van der Waals surface area contributed by atoms with Gasteiger partial charge in [0.05, 0.1) is 12.0 Å². The molecule has 0 amide bonds. The van der Waals surface area contributed by atoms with E-state index >= 15 is 0 Å². The monoisotopic (exact) mass is 528 g/mol. The van der Waals surface area contributed by atoms with Crippen LogP contribution in [-0.2, 0) is 23.9 Å². The molecule has 1 aliphatic carbocycles. The van der Waals surface area contributed by atoms with E-state index in [9.17, 15) is 19.5 Å². The molecule has 1 aromatic carbocycles. The van der Waals surface area contributed by atoms with Crippen molar-refractivity contribution < 1.29 is 29.0 Å². The number of halogens is 1. The predicted octanol–water partition coefficient (Wildman–Crippen LogP) is 4.30. The van der Waals surface area contributed by atoms with E-state index in [0.717, 1.165) is 3.58 Å². The van der Waals surface area contributed by atoms with Gasteiger partial charge in [-0.15, -0.1) is 0 Å². The molecule has 164 valence electrons. The number of carbonyl (C=O) groups excluding carboxylic acids is 3. The molecule has 0 spiro atoms. The van der Waals surface area contributed by atoms with Gasteiger partial charge in [-0.05, 0) is 57.4 Å². The molecule has 0 radical (unpaired) electrons. The molecule has 6 nitrogen and oxygen atoms in total. The van der Waals surface area contributed by atoms with Gasteiger partial charge < -0.3 is 14.6 Å². The summed E-state index contributed by atoms with van der Waals surface area (Å²) in [4.78, 5) is 37.8. The fourth-order valence-corrected chi connectivity index (χ4v) is 4.76. The van der Waals surface area contributed by atoms with E-state index in [2.05, 4.69) is 22.6 Å². The highest BCUT2D eigenvalue weighted by molar-refractivity contribution is 14.1. The lowest BCUT2D eigenvalue weighted by molar-refractivity contribution is -0.182. The summed E-state index contributed by atoms with van der Waals surface area (Å²) in [6.45, 7) is 6.86. The highest BCUT2D eigenvalue weighted by atomic mass is 127. The van der Waals surface area contributed by atoms with Gasteiger partial charge in [-0.25, -0.2) is 4.79 Å². The Kier molecular flexibility index (Phi) is 8.21. The van der Waals surface area contributed by atoms with Gasteiger partial charge in [0, 0.05) is 18.9 Å². The molecule has 0 saturated heterocycles. The van der Waals surface area contributed by atoms with Crippen molar-refractivity contribution in [3.63, 3.8) is 0 Å². The second kappa shape index (κ2) is 10.0. The van der Waals surface area contributed by atoms with Crippen LogP contribution in [0.5, 0.6) is 0 Å². The summed E-state index contributed by atoms with van der Waals surface area (Å²) < 4.78 is 12.0. The van der Waals surface area contributed by atoms with Crippen LogP contribution in [0.15, 0.2) is 40.0 Å². The quantitative estimate of drug-likeness (QED) is 0.420. The molecule has 1 aliphatic rings. The third-order valence-electron chi connectivity index (χ3n) is 5.43. The van der Waals surface area contributed by atoms with E-state index in [0.29, 0.717) is 24.8 Å². The topological polar surface area (TPSA) is 89.9 Å². The summed E-state index contributed by atoms with van der Waals surface area (Å²) in [5, 5.41) is 9.19. The van der Waals surface area contributed by atoms with E-state index in [1.54, 1.807) is 43.3 Å². The van der Waals surface area contributed by atoms with Gasteiger partial charge in [0.25, 0.3) is 0 Å². The number of esters is 2. The second-order valence-electron chi connectivity index (χ2n) is 8.72. The molecule has 30 heavy (non-hydrogen) atoms. The summed E-state index contributed by atoms with van der Waals surface area (Å²) in [6.07, 6.45) is 1.02. The highest BCUT2D eigenvalue weighted by Crippen LogP contribution is 2.48. The lowest BCUT2D eigenvalue weighted by Gasteiger charge is -2.45. The number of ketones is 1. The number of aliphatic hydroxyl groups excluding tert-OH is 1. The van der Waals surface area contributed by atoms with E-state index in [1.807, 2.05) is 13.8 Å². The van der Waals surface area contributed by atoms with Crippen LogP contribution in [0.3, 0.4) is 0 Å². The molecule has 1 N–H and O–H groups in total. The van der Waals surface area contributed by atoms with Gasteiger partial charge in [-0.2, -0.15) is 0 Å². The molecule has 0 bridgehead atoms. The summed E-state index contributed by atoms with van der Waals surface area (Å²) >= 11 is 2.09. The van der Waals surface area contributed by atoms with Crippen LogP contribution in [0.4, 0.5) is 0 Å². The van der Waals surface area contributed by atoms with Crippen LogP contribution >= 0.6 is 22.6 Å². The maximum absolute atomic E-state index is 13.1. The first kappa shape index (κ1) is 24.5. The molecular weight excluding hydrogens is 499 g/mol. The van der Waals surface area contributed by atoms with Crippen molar-refractivity contribution in [3.05, 3.63) is 45.6 Å². The maximum atomic E-state index is 13.1. The van der Waals surface area contributed by atoms with Crippen molar-refractivity contribution in [1.29, 1.82) is 0 Å². The van der Waals surface area contributed by atoms with E-state index in [1.165, 1.54) is 6.92 Å². The first-order chi connectivity index (χ1) is 14.0. The number of rotatable bonds is 7. The number of benzene rings is 1. The lowest BCUT2D eigenvalue weighted by atomic mass is 9.62. The molecule has 7 heteroatoms. The van der Waals surface area contributed by atoms with Gasteiger partial charge in [0.1, 0.15) is 11.9 Å². The lowest BCUT2D eigenvalue weighted by Crippen LogP contribution is -2.51. The van der Waals surface area contributed by atoms with Crippen molar-refractivity contribution in [2.24, 2.45) is 10.8 Å². The van der Waals surface area contributed by atoms with Crippen LogP contribution in [0.25, 0.3) is 0 Å². The Labute approximate surface area is 191 Å². The number of carbonyl (C=O) groups is 3. The molecular formula is C23H29IO6. The zero-order valence-electron chi connectivity index (χ0n) is 17.8. The molecule has 1 fully saturated rings. The standard InChI is InChI=1S/C23H29IO6/c1-15(26)29-20(16-8-6-5-7-9-16)21(28)30-19-14-22(2,3)13-18(27)23(19,4)12-17(24)10-11-25/h5-10,19-20,25H,11-14H2,1-4H3/b17-10-/t19-,20+,23-/m0/s1. The molecule has 0 aromatic heterocycles. The zero-order valence-corrected chi connectivity index (χ0v) is 20.0. The number of hydrogen-bond donors (Lipinski definition) is 1.